The summed E-state index contributed by atoms with van der Waals surface area (Å²) < 4.78 is 9.29. The Bertz CT molecular complexity index is 3540. The van der Waals surface area contributed by atoms with E-state index in [1.807, 2.05) is 0 Å². The van der Waals surface area contributed by atoms with E-state index in [1.165, 1.54) is 315 Å². The van der Waals surface area contributed by atoms with Gasteiger partial charge < -0.3 is 13.2 Å². The van der Waals surface area contributed by atoms with Crippen LogP contribution in [0.5, 0.6) is 0 Å². The number of hydrogen-bond acceptors (Lipinski definition) is 0. The molecule has 93 heavy (non-hydrogen) atoms. The Morgan fingerprint density at radius 3 is 0.570 bits per heavy atom. The standard InChI is InChI=1S/C90H129N3/c1-10-19-28-37-52-67-73(58-40-31-22-13-4)85-76-61-49-46-55-70(76)82-88(91(85)79(67)64-43-34-25-16-7)83-71-56-47-50-62-77(71)86-74(59-41-32-23-14-5)68(53-38-29-20-11-2)81(66-45-36-27-18-9)93(86)90(83)84-72-57-48-51-63-78(72)87-75(60-42-33-24-15-6)69(54-39-30-21-12-3)80(92(87)89(82)84)65-44-35-26-17-8/h46-51,55-57,61-63H,10-45,52-54,58-60,64-66H2,1-9H3. The van der Waals surface area contributed by atoms with Crippen molar-refractivity contribution < 1.29 is 0 Å². The highest BCUT2D eigenvalue weighted by molar-refractivity contribution is 6.40. The average Bonchev–Trinajstić information content (AvgIpc) is 1.63. The second-order valence-corrected chi connectivity index (χ2v) is 29.4. The van der Waals surface area contributed by atoms with Crippen molar-refractivity contribution in [2.45, 2.75) is 351 Å². The summed E-state index contributed by atoms with van der Waals surface area (Å²) in [5.41, 5.74) is 24.4. The maximum atomic E-state index is 3.10. The molecule has 0 fully saturated rings. The number of nitrogens with zero attached hydrogens (tertiary/aromatic N) is 3. The van der Waals surface area contributed by atoms with Crippen LogP contribution in [0.15, 0.2) is 72.8 Å². The molecular weight excluding hydrogens is 1120 g/mol. The number of unbranched alkanes of at least 4 members (excludes halogenated alkanes) is 27. The fourth-order valence-corrected chi connectivity index (χ4v) is 17.6. The topological polar surface area (TPSA) is 13.2 Å². The van der Waals surface area contributed by atoms with E-state index in [9.17, 15) is 0 Å². The predicted octanol–water partition coefficient (Wildman–Crippen LogP) is 28.5. The summed E-state index contributed by atoms with van der Waals surface area (Å²) in [6.45, 7) is 21.6. The Labute approximate surface area is 566 Å². The molecule has 0 N–H and O–H groups in total. The molecule has 4 aromatic carbocycles. The minimum Gasteiger partial charge on any atom is -0.312 e. The van der Waals surface area contributed by atoms with Gasteiger partial charge in [0, 0.05) is 49.4 Å². The van der Waals surface area contributed by atoms with Gasteiger partial charge in [0.2, 0.25) is 0 Å². The number of aryl methyl sites for hydroxylation is 6. The number of benzene rings is 4. The summed E-state index contributed by atoms with van der Waals surface area (Å²) in [5, 5.41) is 13.4. The monoisotopic (exact) mass is 1250 g/mol. The van der Waals surface area contributed by atoms with Gasteiger partial charge in [-0.3, -0.25) is 0 Å². The Hall–Kier alpha value is -5.28. The van der Waals surface area contributed by atoms with Crippen molar-refractivity contribution in [3.8, 4) is 0 Å². The molecule has 0 radical (unpaired) electrons. The van der Waals surface area contributed by atoms with Crippen LogP contribution in [0.1, 0.15) is 344 Å². The van der Waals surface area contributed by atoms with Gasteiger partial charge in [-0.2, -0.15) is 0 Å². The van der Waals surface area contributed by atoms with E-state index in [0.717, 1.165) is 38.5 Å². The fourth-order valence-electron chi connectivity index (χ4n) is 17.6. The highest BCUT2D eigenvalue weighted by Crippen LogP contribution is 2.52. The first kappa shape index (κ1) is 70.5. The minimum absolute atomic E-state index is 1.13. The van der Waals surface area contributed by atoms with Gasteiger partial charge in [-0.15, -0.1) is 0 Å². The van der Waals surface area contributed by atoms with Crippen LogP contribution in [-0.4, -0.2) is 13.2 Å². The molecule has 0 unspecified atom stereocenters. The summed E-state index contributed by atoms with van der Waals surface area (Å²) in [4.78, 5) is 0. The molecule has 504 valence electrons. The molecule has 0 spiro atoms. The van der Waals surface area contributed by atoms with Gasteiger partial charge in [-0.1, -0.05) is 308 Å². The highest BCUT2D eigenvalue weighted by Gasteiger charge is 2.33. The number of pyridine rings is 3. The largest absolute Gasteiger partial charge is 0.312 e. The fraction of sp³-hybridized carbons (Fsp3) is 0.600. The van der Waals surface area contributed by atoms with E-state index in [-0.39, 0.29) is 0 Å². The van der Waals surface area contributed by atoms with Gasteiger partial charge in [0.15, 0.2) is 0 Å². The SMILES string of the molecule is CCCCCCc1c(CCCCCC)c2c3ccccc3c3c(c4c5ccccc5c5c(CCCCCC)c(CCCCCC)c(CCCCCC)n5c4c4c5ccccc5c5c(CCCCCC)c(CCCCCC)c(CCCCCC)n5c34)n2c1CCCCCC. The number of hydrogen-bond donors (Lipinski definition) is 0. The van der Waals surface area contributed by atoms with Crippen LogP contribution < -0.4 is 0 Å². The first-order chi connectivity index (χ1) is 46.0. The van der Waals surface area contributed by atoms with Gasteiger partial charge in [0.1, 0.15) is 0 Å². The van der Waals surface area contributed by atoms with Crippen molar-refractivity contribution in [1.82, 2.24) is 13.2 Å². The van der Waals surface area contributed by atoms with Crippen molar-refractivity contribution in [3.63, 3.8) is 0 Å². The molecule has 3 heteroatoms. The molecule has 0 saturated heterocycles. The lowest BCUT2D eigenvalue weighted by Gasteiger charge is -2.24. The Balaban J connectivity index is 1.58. The Morgan fingerprint density at radius 2 is 0.366 bits per heavy atom. The lowest BCUT2D eigenvalue weighted by atomic mass is 9.91. The van der Waals surface area contributed by atoms with Gasteiger partial charge in [0.25, 0.3) is 0 Å². The summed E-state index contributed by atoms with van der Waals surface area (Å²) in [7, 11) is 0. The minimum atomic E-state index is 1.13. The quantitative estimate of drug-likeness (QED) is 0.0267. The van der Waals surface area contributed by atoms with Gasteiger partial charge in [0.05, 0.1) is 33.1 Å². The zero-order valence-corrected chi connectivity index (χ0v) is 61.1. The highest BCUT2D eigenvalue weighted by atomic mass is 15.0. The van der Waals surface area contributed by atoms with Crippen LogP contribution in [0.2, 0.25) is 0 Å². The van der Waals surface area contributed by atoms with Crippen LogP contribution >= 0.6 is 0 Å². The van der Waals surface area contributed by atoms with Crippen LogP contribution in [0.3, 0.4) is 0 Å². The molecule has 6 heterocycles. The van der Waals surface area contributed by atoms with E-state index in [4.69, 9.17) is 0 Å². The first-order valence-electron chi connectivity index (χ1n) is 40.3. The van der Waals surface area contributed by atoms with E-state index in [1.54, 1.807) is 67.0 Å². The summed E-state index contributed by atoms with van der Waals surface area (Å²) in [6.07, 6.45) is 56.6. The van der Waals surface area contributed by atoms with E-state index in [0.29, 0.717) is 0 Å². The molecule has 0 saturated carbocycles. The molecule has 0 amide bonds. The third-order valence-electron chi connectivity index (χ3n) is 22.4. The molecular formula is C90H129N3. The first-order valence-corrected chi connectivity index (χ1v) is 40.3. The second kappa shape index (κ2) is 36.2. The molecule has 6 aromatic heterocycles. The maximum Gasteiger partial charge on any atom is 0.0658 e. The van der Waals surface area contributed by atoms with Crippen molar-refractivity contribution in [1.29, 1.82) is 0 Å². The maximum absolute atomic E-state index is 3.10. The van der Waals surface area contributed by atoms with E-state index < -0.39 is 0 Å². The summed E-state index contributed by atoms with van der Waals surface area (Å²) in [5.74, 6) is 0. The third-order valence-corrected chi connectivity index (χ3v) is 22.4. The smallest absolute Gasteiger partial charge is 0.0658 e. The molecule has 10 rings (SSSR count). The summed E-state index contributed by atoms with van der Waals surface area (Å²) >= 11 is 0. The van der Waals surface area contributed by atoms with Crippen molar-refractivity contribution in [2.75, 3.05) is 0 Å². The molecule has 0 aliphatic carbocycles. The van der Waals surface area contributed by atoms with Crippen LogP contribution in [-0.2, 0) is 57.8 Å². The van der Waals surface area contributed by atoms with Crippen molar-refractivity contribution >= 4 is 81.6 Å². The zero-order chi connectivity index (χ0) is 64.9. The lowest BCUT2D eigenvalue weighted by molar-refractivity contribution is 0.639. The van der Waals surface area contributed by atoms with Crippen LogP contribution in [0.25, 0.3) is 81.6 Å². The Morgan fingerprint density at radius 1 is 0.183 bits per heavy atom. The van der Waals surface area contributed by atoms with Crippen molar-refractivity contribution in [3.05, 3.63) is 123 Å². The van der Waals surface area contributed by atoms with Gasteiger partial charge >= 0.3 is 0 Å². The molecule has 10 aromatic rings. The molecule has 0 aliphatic rings. The zero-order valence-electron chi connectivity index (χ0n) is 61.1. The number of fused-ring (bicyclic) bond motifs is 21. The third kappa shape index (κ3) is 15.3. The van der Waals surface area contributed by atoms with E-state index in [2.05, 4.69) is 148 Å². The Kier molecular flexibility index (Phi) is 27.4. The molecule has 3 nitrogen and oxygen atoms in total. The lowest BCUT2D eigenvalue weighted by Crippen LogP contribution is -2.07. The van der Waals surface area contributed by atoms with Crippen LogP contribution in [0.4, 0.5) is 0 Å². The molecule has 0 aliphatic heterocycles. The summed E-state index contributed by atoms with van der Waals surface area (Å²) in [6, 6.07) is 30.3. The predicted molar refractivity (Wildman–Crippen MR) is 415 cm³/mol. The van der Waals surface area contributed by atoms with E-state index >= 15 is 0 Å². The van der Waals surface area contributed by atoms with Crippen molar-refractivity contribution in [2.24, 2.45) is 0 Å². The second-order valence-electron chi connectivity index (χ2n) is 29.4. The van der Waals surface area contributed by atoms with Gasteiger partial charge in [-0.05, 0) is 165 Å². The molecule has 0 atom stereocenters. The van der Waals surface area contributed by atoms with Gasteiger partial charge in [-0.25, -0.2) is 0 Å². The normalized spacial score (nSPS) is 12.4. The number of rotatable bonds is 45. The van der Waals surface area contributed by atoms with Crippen LogP contribution in [0, 0.1) is 0 Å². The molecule has 0 bridgehead atoms. The average molecular weight is 1250 g/mol. The number of aromatic nitrogens is 3.